The first kappa shape index (κ1) is 31.0. The third kappa shape index (κ3) is 6.40. The molecule has 45 heavy (non-hydrogen) atoms. The quantitative estimate of drug-likeness (QED) is 0.106. The number of fused-ring (bicyclic) bond motifs is 1. The van der Waals surface area contributed by atoms with Gasteiger partial charge in [-0.15, -0.1) is 28.2 Å². The molecular weight excluding hydrogens is 700 g/mol. The highest BCUT2D eigenvalue weighted by atomic mass is 79.9. The van der Waals surface area contributed by atoms with Gasteiger partial charge >= 0.3 is 5.97 Å². The van der Waals surface area contributed by atoms with Crippen molar-refractivity contribution in [3.8, 4) is 0 Å². The fraction of sp³-hybridized carbons (Fsp3) is 0.207. The molecule has 12 nitrogen and oxygen atoms in total. The third-order valence-electron chi connectivity index (χ3n) is 7.07. The minimum atomic E-state index is -0.861. The molecule has 6 rings (SSSR count). The molecule has 1 fully saturated rings. The topological polar surface area (TPSA) is 158 Å². The highest BCUT2D eigenvalue weighted by Crippen LogP contribution is 2.43. The number of ether oxygens (including phenoxy) is 1. The first-order chi connectivity index (χ1) is 21.9. The Hall–Kier alpha value is -3.99. The van der Waals surface area contributed by atoms with Crippen LogP contribution in [0.3, 0.4) is 0 Å². The zero-order valence-electron chi connectivity index (χ0n) is 23.6. The van der Waals surface area contributed by atoms with Gasteiger partial charge in [0.25, 0.3) is 11.8 Å². The summed E-state index contributed by atoms with van der Waals surface area (Å²) >= 11 is 7.24. The van der Waals surface area contributed by atoms with Crippen molar-refractivity contribution in [2.75, 3.05) is 17.2 Å². The van der Waals surface area contributed by atoms with E-state index >= 15 is 0 Å². The van der Waals surface area contributed by atoms with Crippen molar-refractivity contribution in [1.29, 1.82) is 0 Å². The van der Waals surface area contributed by atoms with Crippen LogP contribution >= 0.6 is 50.8 Å². The van der Waals surface area contributed by atoms with Crippen molar-refractivity contribution in [2.45, 2.75) is 22.7 Å². The molecule has 4 heterocycles. The van der Waals surface area contributed by atoms with E-state index in [1.54, 1.807) is 12.4 Å². The van der Waals surface area contributed by atoms with Crippen LogP contribution in [0.1, 0.15) is 22.9 Å². The molecule has 1 saturated heterocycles. The number of benzene rings is 2. The molecule has 230 valence electrons. The van der Waals surface area contributed by atoms with Crippen molar-refractivity contribution in [2.24, 2.45) is 7.05 Å². The molecule has 0 aliphatic carbocycles. The highest BCUT2D eigenvalue weighted by molar-refractivity contribution is 9.11. The van der Waals surface area contributed by atoms with E-state index in [0.29, 0.717) is 33.1 Å². The molecule has 16 heteroatoms. The molecule has 4 aromatic rings. The van der Waals surface area contributed by atoms with E-state index in [9.17, 15) is 14.4 Å². The van der Waals surface area contributed by atoms with E-state index < -0.39 is 35.3 Å². The number of thioether (sulfide) groups is 2. The van der Waals surface area contributed by atoms with Crippen LogP contribution in [0.5, 0.6) is 0 Å². The normalized spacial score (nSPS) is 18.1. The summed E-state index contributed by atoms with van der Waals surface area (Å²) in [6.45, 7) is 0. The van der Waals surface area contributed by atoms with Crippen molar-refractivity contribution >= 4 is 79.3 Å². The van der Waals surface area contributed by atoms with Crippen LogP contribution < -0.4 is 11.1 Å². The Morgan fingerprint density at radius 3 is 2.44 bits per heavy atom. The molecule has 0 radical (unpaired) electrons. The van der Waals surface area contributed by atoms with Crippen molar-refractivity contribution in [3.05, 3.63) is 99.1 Å². The summed E-state index contributed by atoms with van der Waals surface area (Å²) in [6.07, 6.45) is -0.707. The molecule has 0 spiro atoms. The number of halogens is 1. The summed E-state index contributed by atoms with van der Waals surface area (Å²) in [5.41, 5.74) is 8.82. The lowest BCUT2D eigenvalue weighted by molar-refractivity contribution is -0.154. The van der Waals surface area contributed by atoms with Crippen molar-refractivity contribution in [3.63, 3.8) is 0 Å². The Morgan fingerprint density at radius 2 is 1.87 bits per heavy atom. The Morgan fingerprint density at radius 1 is 1.18 bits per heavy atom. The number of β-lactam (4-membered cyclic amide) rings is 1. The summed E-state index contributed by atoms with van der Waals surface area (Å²) in [7, 11) is 1.73. The van der Waals surface area contributed by atoms with E-state index in [1.807, 2.05) is 60.7 Å². The minimum absolute atomic E-state index is 0.164. The van der Waals surface area contributed by atoms with Crippen LogP contribution in [0.2, 0.25) is 0 Å². The number of carbonyl (C=O) groups excluding carboxylic acids is 3. The number of amides is 2. The van der Waals surface area contributed by atoms with Crippen molar-refractivity contribution < 1.29 is 19.1 Å². The van der Waals surface area contributed by atoms with Gasteiger partial charge in [0.15, 0.2) is 11.2 Å². The number of hydrogen-bond acceptors (Lipinski definition) is 12. The van der Waals surface area contributed by atoms with Gasteiger partial charge in [-0.1, -0.05) is 88.4 Å². The zero-order chi connectivity index (χ0) is 31.5. The van der Waals surface area contributed by atoms with E-state index in [4.69, 9.17) is 10.5 Å². The number of rotatable bonds is 10. The first-order valence-corrected chi connectivity index (χ1v) is 17.3. The van der Waals surface area contributed by atoms with Crippen LogP contribution in [0.25, 0.3) is 5.57 Å². The van der Waals surface area contributed by atoms with Crippen LogP contribution in [0.4, 0.5) is 5.13 Å². The van der Waals surface area contributed by atoms with E-state index in [1.165, 1.54) is 49.4 Å². The Kier molecular flexibility index (Phi) is 9.34. The molecule has 2 aromatic carbocycles. The van der Waals surface area contributed by atoms with Gasteiger partial charge in [-0.25, -0.2) is 14.5 Å². The molecule has 0 saturated carbocycles. The summed E-state index contributed by atoms with van der Waals surface area (Å²) < 4.78 is 7.75. The molecule has 2 amide bonds. The van der Waals surface area contributed by atoms with Crippen LogP contribution in [0.15, 0.2) is 87.5 Å². The Labute approximate surface area is 278 Å². The number of esters is 1. The number of thiazole rings is 1. The summed E-state index contributed by atoms with van der Waals surface area (Å²) in [4.78, 5) is 48.1. The van der Waals surface area contributed by atoms with Gasteiger partial charge in [0.1, 0.15) is 17.1 Å². The predicted octanol–water partition coefficient (Wildman–Crippen LogP) is 3.76. The Bertz CT molecular complexity index is 1760. The van der Waals surface area contributed by atoms with Gasteiger partial charge in [-0.3, -0.25) is 14.5 Å². The molecule has 3 N–H and O–H groups in total. The van der Waals surface area contributed by atoms with Gasteiger partial charge in [0.05, 0.1) is 11.3 Å². The maximum atomic E-state index is 14.1. The number of nitrogen functional groups attached to an aromatic ring is 1. The molecule has 1 unspecified atom stereocenters. The summed E-state index contributed by atoms with van der Waals surface area (Å²) in [5.74, 6) is -0.773. The molecule has 0 bridgehead atoms. The average molecular weight is 726 g/mol. The maximum absolute atomic E-state index is 14.1. The number of aryl methyl sites for hydroxylation is 1. The molecule has 2 atom stereocenters. The smallest absolute Gasteiger partial charge is 0.356 e. The van der Waals surface area contributed by atoms with Crippen molar-refractivity contribution in [1.82, 2.24) is 35.4 Å². The fourth-order valence-electron chi connectivity index (χ4n) is 4.88. The van der Waals surface area contributed by atoms with E-state index in [2.05, 4.69) is 41.8 Å². The second kappa shape index (κ2) is 13.6. The second-order valence-corrected chi connectivity index (χ2v) is 13.3. The fourth-order valence-corrected chi connectivity index (χ4v) is 8.22. The largest absolute Gasteiger partial charge is 0.448 e. The van der Waals surface area contributed by atoms with Gasteiger partial charge in [0.2, 0.25) is 5.16 Å². The number of aromatic nitrogens is 5. The maximum Gasteiger partial charge on any atom is 0.356 e. The second-order valence-electron chi connectivity index (χ2n) is 9.89. The number of nitrogens with zero attached hydrogens (tertiary/aromatic N) is 6. The van der Waals surface area contributed by atoms with Crippen LogP contribution in [0, 0.1) is 0 Å². The monoisotopic (exact) mass is 724 g/mol. The number of nitrogens with two attached hydrogens (primary N) is 1. The summed E-state index contributed by atoms with van der Waals surface area (Å²) in [6, 6.07) is 18.0. The summed E-state index contributed by atoms with van der Waals surface area (Å²) in [5, 5.41) is 16.4. The lowest BCUT2D eigenvalue weighted by Gasteiger charge is -2.49. The highest BCUT2D eigenvalue weighted by Gasteiger charge is 2.54. The van der Waals surface area contributed by atoms with Gasteiger partial charge < -0.3 is 15.8 Å². The number of anilines is 1. The average Bonchev–Trinajstić information content (AvgIpc) is 3.69. The molecule has 2 aromatic heterocycles. The molecular formula is C29H25BrN8O4S3. The van der Waals surface area contributed by atoms with Gasteiger partial charge in [0, 0.05) is 23.9 Å². The zero-order valence-corrected chi connectivity index (χ0v) is 27.6. The molecule has 2 aliphatic rings. The number of hydrogen-bond donors (Lipinski definition) is 2. The predicted molar refractivity (Wildman–Crippen MR) is 176 cm³/mol. The lowest BCUT2D eigenvalue weighted by atomic mass is 10.0. The number of carbonyl (C=O) groups is 3. The minimum Gasteiger partial charge on any atom is -0.448 e. The SMILES string of the molecule is Cn1nnnc1SCC1=C(C(=O)OC(c2ccccc2)c2ccccc2)N2C(=O)C(NC(=O)/C(=C/Br)c3csc(N)n3)[C@H]2SC1. The standard InChI is InChI=1S/C29H25BrN8O4S3/c1-37-29(34-35-36-37)45-14-18-13-43-26-21(33-24(39)19(12-30)20-15-44-28(31)32-20)25(40)38(26)22(18)27(41)42-23(16-8-4-2-5-9-16)17-10-6-3-7-11-17/h2-12,15,21,23,26H,13-14H2,1H3,(H2,31,32)(H,33,39)/b19-12+/t21?,26-/m1/s1. The van der Waals surface area contributed by atoms with Gasteiger partial charge in [-0.2, -0.15) is 0 Å². The van der Waals surface area contributed by atoms with Crippen LogP contribution in [-0.4, -0.2) is 70.8 Å². The van der Waals surface area contributed by atoms with Crippen LogP contribution in [-0.2, 0) is 26.2 Å². The van der Waals surface area contributed by atoms with E-state index in [-0.39, 0.29) is 11.3 Å². The van der Waals surface area contributed by atoms with E-state index in [0.717, 1.165) is 11.1 Å². The third-order valence-corrected chi connectivity index (χ3v) is 10.6. The molecule has 2 aliphatic heterocycles. The number of nitrogens with one attached hydrogen (secondary N) is 1. The Balaban J connectivity index is 1.28. The first-order valence-electron chi connectivity index (χ1n) is 13.5. The lowest BCUT2D eigenvalue weighted by Crippen LogP contribution is -2.70. The number of tetrazole rings is 1. The van der Waals surface area contributed by atoms with Gasteiger partial charge in [-0.05, 0) is 32.1 Å².